The van der Waals surface area contributed by atoms with Gasteiger partial charge >= 0.3 is 16.4 Å². The summed E-state index contributed by atoms with van der Waals surface area (Å²) >= 11 is 0. The van der Waals surface area contributed by atoms with Gasteiger partial charge in [-0.1, -0.05) is 149 Å². The van der Waals surface area contributed by atoms with Crippen molar-refractivity contribution in [3.8, 4) is 0 Å². The van der Waals surface area contributed by atoms with Crippen LogP contribution in [0.4, 0.5) is 0 Å². The number of rotatable bonds is 34. The number of aliphatic hydroxyl groups is 3. The van der Waals surface area contributed by atoms with Crippen LogP contribution in [-0.4, -0.2) is 97.5 Å². The van der Waals surface area contributed by atoms with Gasteiger partial charge in [-0.25, -0.2) is 4.18 Å². The summed E-state index contributed by atoms with van der Waals surface area (Å²) < 4.78 is 58.7. The Morgan fingerprint density at radius 3 is 1.60 bits per heavy atom. The van der Waals surface area contributed by atoms with E-state index >= 15 is 0 Å². The highest BCUT2D eigenvalue weighted by Crippen LogP contribution is 2.26. The molecule has 12 nitrogen and oxygen atoms in total. The van der Waals surface area contributed by atoms with Crippen LogP contribution in [0.25, 0.3) is 0 Å². The first-order chi connectivity index (χ1) is 24.1. The monoisotopic (exact) mass is 740 g/mol. The number of carbonyl (C=O) groups is 1. The Bertz CT molecular complexity index is 905. The second-order valence-electron chi connectivity index (χ2n) is 13.9. The van der Waals surface area contributed by atoms with E-state index in [4.69, 9.17) is 23.5 Å². The Kier molecular flexibility index (Phi) is 28.8. The maximum atomic E-state index is 12.7. The van der Waals surface area contributed by atoms with Crippen molar-refractivity contribution in [3.63, 3.8) is 0 Å². The molecule has 298 valence electrons. The Balaban J connectivity index is 2.47. The van der Waals surface area contributed by atoms with Gasteiger partial charge in [0.15, 0.2) is 6.29 Å². The number of aliphatic hydroxyl groups excluding tert-OH is 3. The smallest absolute Gasteiger partial charge is 0.397 e. The molecule has 1 rings (SSSR count). The van der Waals surface area contributed by atoms with E-state index in [1.807, 2.05) is 0 Å². The van der Waals surface area contributed by atoms with E-state index in [0.717, 1.165) is 38.5 Å². The second-order valence-corrected chi connectivity index (χ2v) is 14.9. The lowest BCUT2D eigenvalue weighted by molar-refractivity contribution is -0.301. The fraction of sp³-hybridized carbons (Fsp3) is 0.973. The quantitative estimate of drug-likeness (QED) is 0.0303. The Morgan fingerprint density at radius 1 is 0.680 bits per heavy atom. The average Bonchev–Trinajstić information content (AvgIpc) is 3.08. The van der Waals surface area contributed by atoms with Gasteiger partial charge in [-0.2, -0.15) is 8.42 Å². The highest BCUT2D eigenvalue weighted by molar-refractivity contribution is 7.80. The van der Waals surface area contributed by atoms with Crippen LogP contribution < -0.4 is 0 Å². The minimum atomic E-state index is -5.05. The van der Waals surface area contributed by atoms with Crippen molar-refractivity contribution in [2.75, 3.05) is 26.4 Å². The lowest BCUT2D eigenvalue weighted by Crippen LogP contribution is -2.60. The molecule has 0 saturated carbocycles. The van der Waals surface area contributed by atoms with E-state index < -0.39 is 59.8 Å². The molecule has 1 fully saturated rings. The normalized spacial score (nSPS) is 21.8. The summed E-state index contributed by atoms with van der Waals surface area (Å²) in [6.07, 6.45) is 18.7. The van der Waals surface area contributed by atoms with Crippen LogP contribution in [0.5, 0.6) is 0 Å². The summed E-state index contributed by atoms with van der Waals surface area (Å²) in [4.78, 5) is 12.7. The van der Waals surface area contributed by atoms with Crippen molar-refractivity contribution in [2.45, 2.75) is 205 Å². The van der Waals surface area contributed by atoms with Crippen LogP contribution in [0.1, 0.15) is 168 Å². The number of unbranched alkanes of at least 4 members (excludes halogenated alkanes) is 21. The molecule has 1 aliphatic heterocycles. The van der Waals surface area contributed by atoms with Gasteiger partial charge < -0.3 is 34.3 Å². The summed E-state index contributed by atoms with van der Waals surface area (Å²) in [5.41, 5.74) is 0. The molecule has 4 N–H and O–H groups in total. The number of hydrogen-bond donors (Lipinski definition) is 4. The van der Waals surface area contributed by atoms with E-state index in [9.17, 15) is 28.5 Å². The molecule has 1 saturated heterocycles. The lowest BCUT2D eigenvalue weighted by atomic mass is 9.99. The van der Waals surface area contributed by atoms with Crippen molar-refractivity contribution < 1.29 is 56.2 Å². The molecule has 0 aliphatic carbocycles. The first-order valence-corrected chi connectivity index (χ1v) is 21.2. The van der Waals surface area contributed by atoms with Crippen molar-refractivity contribution in [2.24, 2.45) is 0 Å². The summed E-state index contributed by atoms with van der Waals surface area (Å²) in [6, 6.07) is 0. The van der Waals surface area contributed by atoms with Gasteiger partial charge in [0.1, 0.15) is 30.5 Å². The van der Waals surface area contributed by atoms with Gasteiger partial charge in [0, 0.05) is 13.0 Å². The molecule has 0 aromatic rings. The maximum absolute atomic E-state index is 12.7. The molecular weight excluding hydrogens is 668 g/mol. The molecule has 0 amide bonds. The third-order valence-electron chi connectivity index (χ3n) is 9.23. The predicted molar refractivity (Wildman–Crippen MR) is 193 cm³/mol. The average molecular weight is 741 g/mol. The summed E-state index contributed by atoms with van der Waals surface area (Å²) in [7, 11) is -5.05. The van der Waals surface area contributed by atoms with Crippen LogP contribution in [0, 0.1) is 0 Å². The van der Waals surface area contributed by atoms with Crippen molar-refractivity contribution in [3.05, 3.63) is 0 Å². The molecule has 0 aromatic carbocycles. The molecule has 0 spiro atoms. The maximum Gasteiger partial charge on any atom is 0.397 e. The van der Waals surface area contributed by atoms with Crippen LogP contribution >= 0.6 is 0 Å². The Morgan fingerprint density at radius 2 is 1.14 bits per heavy atom. The van der Waals surface area contributed by atoms with E-state index in [1.165, 1.54) is 103 Å². The highest BCUT2D eigenvalue weighted by atomic mass is 32.3. The van der Waals surface area contributed by atoms with Gasteiger partial charge in [-0.3, -0.25) is 9.35 Å². The fourth-order valence-corrected chi connectivity index (χ4v) is 6.71. The third kappa shape index (κ3) is 24.4. The highest BCUT2D eigenvalue weighted by Gasteiger charge is 2.48. The van der Waals surface area contributed by atoms with E-state index in [0.29, 0.717) is 13.0 Å². The molecule has 6 unspecified atom stereocenters. The molecule has 1 heterocycles. The summed E-state index contributed by atoms with van der Waals surface area (Å²) in [5.74, 6) is -0.400. The lowest BCUT2D eigenvalue weighted by Gasteiger charge is -2.41. The van der Waals surface area contributed by atoms with Gasteiger partial charge in [0.25, 0.3) is 0 Å². The Hall–Kier alpha value is -0.900. The van der Waals surface area contributed by atoms with Crippen LogP contribution in [0.2, 0.25) is 0 Å². The number of esters is 1. The molecule has 6 atom stereocenters. The van der Waals surface area contributed by atoms with Gasteiger partial charge in [0.2, 0.25) is 0 Å². The van der Waals surface area contributed by atoms with Crippen LogP contribution in [0.15, 0.2) is 0 Å². The largest absolute Gasteiger partial charge is 0.457 e. The van der Waals surface area contributed by atoms with Gasteiger partial charge in [-0.15, -0.1) is 0 Å². The number of hydrogen-bond acceptors (Lipinski definition) is 11. The standard InChI is InChI=1S/C37H72O12S/c1-3-5-7-9-11-13-14-15-16-17-19-21-23-25-27-45-29-31(47-33(39)26-24-22-20-18-12-10-8-6-4-2)30-46-37-35(41)36(49-50(42,43)44)34(40)32(28-38)48-37/h31-32,34-38,40-41H,3-30H2,1-2H3,(H,42,43,44). The molecule has 13 heteroatoms. The molecule has 0 aromatic heterocycles. The van der Waals surface area contributed by atoms with Crippen molar-refractivity contribution in [1.82, 2.24) is 0 Å². The molecule has 0 radical (unpaired) electrons. The third-order valence-corrected chi connectivity index (χ3v) is 9.69. The first-order valence-electron chi connectivity index (χ1n) is 19.8. The van der Waals surface area contributed by atoms with Crippen molar-refractivity contribution >= 4 is 16.4 Å². The molecule has 50 heavy (non-hydrogen) atoms. The topological polar surface area (TPSA) is 178 Å². The van der Waals surface area contributed by atoms with Crippen LogP contribution in [-0.2, 0) is 38.3 Å². The first kappa shape index (κ1) is 47.1. The number of ether oxygens (including phenoxy) is 4. The second kappa shape index (κ2) is 30.6. The Labute approximate surface area is 303 Å². The van der Waals surface area contributed by atoms with Gasteiger partial charge in [-0.05, 0) is 12.8 Å². The van der Waals surface area contributed by atoms with Crippen molar-refractivity contribution in [1.29, 1.82) is 0 Å². The SMILES string of the molecule is CCCCCCCCCCCCCCCCOCC(COC1OC(CO)C(O)C(OS(=O)(=O)O)C1O)OC(=O)CCCCCCCCCCC. The molecule has 0 bridgehead atoms. The van der Waals surface area contributed by atoms with Crippen LogP contribution in [0.3, 0.4) is 0 Å². The minimum absolute atomic E-state index is 0.0434. The zero-order valence-electron chi connectivity index (χ0n) is 31.2. The van der Waals surface area contributed by atoms with Gasteiger partial charge in [0.05, 0.1) is 19.8 Å². The van der Waals surface area contributed by atoms with E-state index in [-0.39, 0.29) is 19.6 Å². The molecule has 1 aliphatic rings. The zero-order valence-corrected chi connectivity index (χ0v) is 32.0. The van der Waals surface area contributed by atoms with E-state index in [1.54, 1.807) is 0 Å². The minimum Gasteiger partial charge on any atom is -0.457 e. The predicted octanol–water partition coefficient (Wildman–Crippen LogP) is 6.96. The zero-order chi connectivity index (χ0) is 36.9. The summed E-state index contributed by atoms with van der Waals surface area (Å²) in [6.45, 7) is 3.97. The summed E-state index contributed by atoms with van der Waals surface area (Å²) in [5, 5.41) is 30.5. The molecular formula is C37H72O12S. The fourth-order valence-electron chi connectivity index (χ4n) is 6.20. The van der Waals surface area contributed by atoms with E-state index in [2.05, 4.69) is 18.0 Å². The number of carbonyl (C=O) groups excluding carboxylic acids is 1.